The Morgan fingerprint density at radius 2 is 1.73 bits per heavy atom. The van der Waals surface area contributed by atoms with Gasteiger partial charge in [-0.3, -0.25) is 0 Å². The highest BCUT2D eigenvalue weighted by Crippen LogP contribution is 2.24. The van der Waals surface area contributed by atoms with Crippen molar-refractivity contribution in [1.29, 1.82) is 0 Å². The van der Waals surface area contributed by atoms with Gasteiger partial charge in [0.1, 0.15) is 19.4 Å². The number of hydrogen-bond acceptors (Lipinski definition) is 7. The monoisotopic (exact) mass is 472 g/mol. The molecule has 0 aliphatic rings. The predicted molar refractivity (Wildman–Crippen MR) is 117 cm³/mol. The minimum atomic E-state index is -0.681. The van der Waals surface area contributed by atoms with Crippen LogP contribution in [0.4, 0.5) is 0 Å². The van der Waals surface area contributed by atoms with Crippen molar-refractivity contribution in [2.45, 2.75) is 6.61 Å². The number of ether oxygens (including phenoxy) is 2. The molecule has 2 aromatic carbocycles. The summed E-state index contributed by atoms with van der Waals surface area (Å²) < 4.78 is 9.95. The first kappa shape index (κ1) is 24.0. The van der Waals surface area contributed by atoms with Gasteiger partial charge in [-0.1, -0.05) is 63.3 Å². The van der Waals surface area contributed by atoms with E-state index in [4.69, 9.17) is 54.0 Å². The Hall–Kier alpha value is -2.32. The molecule has 0 saturated heterocycles. The summed E-state index contributed by atoms with van der Waals surface area (Å²) in [6.07, 6.45) is 0. The molecule has 10 heteroatoms. The van der Waals surface area contributed by atoms with Gasteiger partial charge in [-0.05, 0) is 18.2 Å². The van der Waals surface area contributed by atoms with Crippen LogP contribution in [0.15, 0.2) is 46.7 Å². The summed E-state index contributed by atoms with van der Waals surface area (Å²) in [6.45, 7) is 0.120. The molecule has 0 fully saturated rings. The van der Waals surface area contributed by atoms with Crippen LogP contribution in [-0.2, 0) is 30.6 Å². The number of oxime groups is 2. The first-order valence-electron chi connectivity index (χ1n) is 8.53. The Bertz CT molecular complexity index is 963. The Labute approximate surface area is 189 Å². The highest BCUT2D eigenvalue weighted by atomic mass is 35.5. The van der Waals surface area contributed by atoms with E-state index in [1.54, 1.807) is 36.4 Å². The van der Waals surface area contributed by atoms with Crippen LogP contribution in [0.25, 0.3) is 0 Å². The molecule has 2 aromatic rings. The number of hydrogen-bond donors (Lipinski definition) is 0. The second-order valence-corrected chi connectivity index (χ2v) is 6.97. The SMILES string of the molecule is COC/C(=N\OCc1c(Cl)cccc1/C(=N\OC)C(=O)OC)c1ccc(Cl)c(Cl)c1. The van der Waals surface area contributed by atoms with Crippen molar-refractivity contribution in [1.82, 2.24) is 0 Å². The standard InChI is InChI=1S/C20H19Cl3N2O5/c1-27-11-18(12-7-8-16(22)17(23)9-12)24-30-10-14-13(5-4-6-15(14)21)19(25-29-3)20(26)28-2/h4-9H,10-11H2,1-3H3/b24-18+,25-19+. The lowest BCUT2D eigenvalue weighted by Gasteiger charge is -2.12. The maximum atomic E-state index is 12.1. The Balaban J connectivity index is 2.34. The highest BCUT2D eigenvalue weighted by Gasteiger charge is 2.21. The number of methoxy groups -OCH3 is 2. The van der Waals surface area contributed by atoms with Crippen molar-refractivity contribution >= 4 is 52.2 Å². The zero-order valence-electron chi connectivity index (χ0n) is 16.4. The van der Waals surface area contributed by atoms with Crippen LogP contribution >= 0.6 is 34.8 Å². The molecule has 0 aliphatic carbocycles. The molecule has 0 heterocycles. The molecule has 0 aromatic heterocycles. The quantitative estimate of drug-likeness (QED) is 0.299. The van der Waals surface area contributed by atoms with Crippen LogP contribution in [-0.4, -0.2) is 45.3 Å². The third-order valence-electron chi connectivity index (χ3n) is 3.85. The van der Waals surface area contributed by atoms with Gasteiger partial charge < -0.3 is 19.1 Å². The molecule has 0 amide bonds. The second-order valence-electron chi connectivity index (χ2n) is 5.75. The Morgan fingerprint density at radius 1 is 0.967 bits per heavy atom. The summed E-state index contributed by atoms with van der Waals surface area (Å²) >= 11 is 18.4. The van der Waals surface area contributed by atoms with E-state index in [0.29, 0.717) is 37.5 Å². The number of benzene rings is 2. The van der Waals surface area contributed by atoms with Crippen LogP contribution in [0.3, 0.4) is 0 Å². The maximum Gasteiger partial charge on any atom is 0.360 e. The summed E-state index contributed by atoms with van der Waals surface area (Å²) in [5, 5.41) is 9.06. The fourth-order valence-electron chi connectivity index (χ4n) is 2.46. The molecule has 0 aliphatic heterocycles. The summed E-state index contributed by atoms with van der Waals surface area (Å²) in [5.74, 6) is -0.681. The molecule has 0 unspecified atom stereocenters. The van der Waals surface area contributed by atoms with Gasteiger partial charge in [0.15, 0.2) is 5.71 Å². The van der Waals surface area contributed by atoms with Crippen LogP contribution < -0.4 is 0 Å². The second kappa shape index (κ2) is 11.8. The van der Waals surface area contributed by atoms with Gasteiger partial charge in [-0.15, -0.1) is 0 Å². The lowest BCUT2D eigenvalue weighted by molar-refractivity contribution is -0.132. The van der Waals surface area contributed by atoms with Gasteiger partial charge in [0.05, 0.1) is 23.8 Å². The molecular formula is C20H19Cl3N2O5. The topological polar surface area (TPSA) is 78.7 Å². The lowest BCUT2D eigenvalue weighted by atomic mass is 10.0. The van der Waals surface area contributed by atoms with E-state index in [-0.39, 0.29) is 18.9 Å². The smallest absolute Gasteiger partial charge is 0.360 e. The molecule has 160 valence electrons. The van der Waals surface area contributed by atoms with E-state index >= 15 is 0 Å². The molecule has 2 rings (SSSR count). The van der Waals surface area contributed by atoms with Crippen LogP contribution in [0.1, 0.15) is 16.7 Å². The first-order chi connectivity index (χ1) is 14.4. The fourth-order valence-corrected chi connectivity index (χ4v) is 2.99. The van der Waals surface area contributed by atoms with Crippen molar-refractivity contribution < 1.29 is 23.9 Å². The summed E-state index contributed by atoms with van der Waals surface area (Å²) in [4.78, 5) is 22.4. The third-order valence-corrected chi connectivity index (χ3v) is 4.95. The van der Waals surface area contributed by atoms with Crippen molar-refractivity contribution in [2.24, 2.45) is 10.3 Å². The molecule has 7 nitrogen and oxygen atoms in total. The van der Waals surface area contributed by atoms with Crippen molar-refractivity contribution in [3.05, 3.63) is 68.2 Å². The summed E-state index contributed by atoms with van der Waals surface area (Å²) in [6, 6.07) is 10.0. The summed E-state index contributed by atoms with van der Waals surface area (Å²) in [7, 11) is 4.10. The van der Waals surface area contributed by atoms with Crippen molar-refractivity contribution in [3.8, 4) is 0 Å². The van der Waals surface area contributed by atoms with Crippen LogP contribution in [0.5, 0.6) is 0 Å². The van der Waals surface area contributed by atoms with Gasteiger partial charge in [-0.25, -0.2) is 4.79 Å². The van der Waals surface area contributed by atoms with Crippen LogP contribution in [0, 0.1) is 0 Å². The number of carbonyl (C=O) groups excluding carboxylic acids is 1. The Kier molecular flexibility index (Phi) is 9.39. The van der Waals surface area contributed by atoms with Gasteiger partial charge in [0, 0.05) is 28.8 Å². The zero-order valence-corrected chi connectivity index (χ0v) is 18.7. The average molecular weight is 474 g/mol. The minimum Gasteiger partial charge on any atom is -0.464 e. The van der Waals surface area contributed by atoms with E-state index in [9.17, 15) is 4.79 Å². The average Bonchev–Trinajstić information content (AvgIpc) is 2.74. The van der Waals surface area contributed by atoms with Gasteiger partial charge >= 0.3 is 5.97 Å². The van der Waals surface area contributed by atoms with Crippen molar-refractivity contribution in [3.63, 3.8) is 0 Å². The van der Waals surface area contributed by atoms with E-state index in [1.165, 1.54) is 21.3 Å². The molecule has 0 N–H and O–H groups in total. The minimum absolute atomic E-state index is 0.0494. The first-order valence-corrected chi connectivity index (χ1v) is 9.66. The fraction of sp³-hybridized carbons (Fsp3) is 0.250. The maximum absolute atomic E-state index is 12.1. The molecule has 0 spiro atoms. The van der Waals surface area contributed by atoms with Crippen LogP contribution in [0.2, 0.25) is 15.1 Å². The normalized spacial score (nSPS) is 11.9. The molecule has 0 radical (unpaired) electrons. The Morgan fingerprint density at radius 3 is 2.37 bits per heavy atom. The van der Waals surface area contributed by atoms with Gasteiger partial charge in [0.2, 0.25) is 0 Å². The highest BCUT2D eigenvalue weighted by molar-refractivity contribution is 6.44. The van der Waals surface area contributed by atoms with E-state index in [2.05, 4.69) is 10.3 Å². The summed E-state index contributed by atoms with van der Waals surface area (Å²) in [5.41, 5.74) is 2.00. The molecular weight excluding hydrogens is 455 g/mol. The number of carbonyl (C=O) groups is 1. The molecule has 0 bridgehead atoms. The number of esters is 1. The largest absolute Gasteiger partial charge is 0.464 e. The predicted octanol–water partition coefficient (Wildman–Crippen LogP) is 4.74. The molecule has 0 saturated carbocycles. The van der Waals surface area contributed by atoms with Crippen molar-refractivity contribution in [2.75, 3.05) is 27.9 Å². The van der Waals surface area contributed by atoms with E-state index in [1.807, 2.05) is 0 Å². The molecule has 0 atom stereocenters. The number of rotatable bonds is 9. The third kappa shape index (κ3) is 6.09. The van der Waals surface area contributed by atoms with E-state index in [0.717, 1.165) is 0 Å². The number of nitrogens with zero attached hydrogens (tertiary/aromatic N) is 2. The van der Waals surface area contributed by atoms with Gasteiger partial charge in [-0.2, -0.15) is 0 Å². The number of halogens is 3. The van der Waals surface area contributed by atoms with Gasteiger partial charge in [0.25, 0.3) is 0 Å². The van der Waals surface area contributed by atoms with E-state index < -0.39 is 5.97 Å². The molecule has 30 heavy (non-hydrogen) atoms. The zero-order chi connectivity index (χ0) is 22.1. The lowest BCUT2D eigenvalue weighted by Crippen LogP contribution is -2.19.